The van der Waals surface area contributed by atoms with E-state index in [4.69, 9.17) is 0 Å². The van der Waals surface area contributed by atoms with Crippen LogP contribution in [-0.4, -0.2) is 16.8 Å². The normalized spacial score (nSPS) is 11.5. The van der Waals surface area contributed by atoms with Gasteiger partial charge in [-0.25, -0.2) is 9.37 Å². The molecule has 0 saturated carbocycles. The standard InChI is InChI=1S/C31H24FN3O2S2/c1-20-8-5-6-13-26(20)29(36)33-24-11-7-12-25(18-24)39-28(22-9-3-2-4-10-22)30(37)35-31-34-27(19-38-31)21-14-16-23(32)17-15-21/h2-19,28H,1H3,(H,33,36)(H,34,35,37). The fraction of sp³-hybridized carbons (Fsp3) is 0.0645. The monoisotopic (exact) mass is 553 g/mol. The van der Waals surface area contributed by atoms with Gasteiger partial charge in [0.25, 0.3) is 5.91 Å². The molecular weight excluding hydrogens is 529 g/mol. The molecule has 1 heterocycles. The van der Waals surface area contributed by atoms with Gasteiger partial charge in [-0.1, -0.05) is 54.6 Å². The number of rotatable bonds is 8. The first kappa shape index (κ1) is 26.3. The fourth-order valence-corrected chi connectivity index (χ4v) is 5.77. The number of thiazole rings is 1. The van der Waals surface area contributed by atoms with E-state index < -0.39 is 5.25 Å². The topological polar surface area (TPSA) is 71.1 Å². The second kappa shape index (κ2) is 12.1. The zero-order chi connectivity index (χ0) is 27.2. The van der Waals surface area contributed by atoms with Gasteiger partial charge in [0.1, 0.15) is 11.1 Å². The highest BCUT2D eigenvalue weighted by Gasteiger charge is 2.23. The number of aryl methyl sites for hydroxylation is 1. The maximum atomic E-state index is 13.5. The number of nitrogens with zero attached hydrogens (tertiary/aromatic N) is 1. The Morgan fingerprint density at radius 2 is 1.62 bits per heavy atom. The maximum Gasteiger partial charge on any atom is 0.255 e. The lowest BCUT2D eigenvalue weighted by Crippen LogP contribution is -2.19. The summed E-state index contributed by atoms with van der Waals surface area (Å²) in [6.45, 7) is 1.90. The second-order valence-electron chi connectivity index (χ2n) is 8.74. The molecule has 8 heteroatoms. The lowest BCUT2D eigenvalue weighted by molar-refractivity contribution is -0.115. The molecule has 0 aliphatic carbocycles. The Hall–Kier alpha value is -4.27. The van der Waals surface area contributed by atoms with Crippen molar-refractivity contribution in [1.29, 1.82) is 0 Å². The largest absolute Gasteiger partial charge is 0.322 e. The molecule has 0 radical (unpaired) electrons. The first-order valence-corrected chi connectivity index (χ1v) is 13.9. The number of halogens is 1. The molecule has 0 aliphatic heterocycles. The first-order chi connectivity index (χ1) is 19.0. The van der Waals surface area contributed by atoms with Crippen LogP contribution in [0.15, 0.2) is 113 Å². The van der Waals surface area contributed by atoms with Crippen LogP contribution in [0.3, 0.4) is 0 Å². The summed E-state index contributed by atoms with van der Waals surface area (Å²) in [5.41, 5.74) is 4.42. The molecule has 5 aromatic rings. The van der Waals surface area contributed by atoms with Gasteiger partial charge in [-0.2, -0.15) is 0 Å². The van der Waals surface area contributed by atoms with Crippen molar-refractivity contribution >= 4 is 45.7 Å². The second-order valence-corrected chi connectivity index (χ2v) is 10.8. The third-order valence-corrected chi connectivity index (χ3v) is 7.96. The molecule has 194 valence electrons. The molecule has 0 bridgehead atoms. The van der Waals surface area contributed by atoms with Gasteiger partial charge in [0, 0.05) is 27.1 Å². The zero-order valence-electron chi connectivity index (χ0n) is 20.9. The van der Waals surface area contributed by atoms with E-state index in [2.05, 4.69) is 15.6 Å². The van der Waals surface area contributed by atoms with Crippen LogP contribution >= 0.6 is 23.1 Å². The molecular formula is C31H24FN3O2S2. The summed E-state index contributed by atoms with van der Waals surface area (Å²) in [6, 6.07) is 30.5. The number of nitrogens with one attached hydrogen (secondary N) is 2. The van der Waals surface area contributed by atoms with Crippen LogP contribution in [0.25, 0.3) is 11.3 Å². The van der Waals surface area contributed by atoms with Crippen LogP contribution < -0.4 is 10.6 Å². The number of hydrogen-bond donors (Lipinski definition) is 2. The van der Waals surface area contributed by atoms with Gasteiger partial charge < -0.3 is 10.6 Å². The number of thioether (sulfide) groups is 1. The van der Waals surface area contributed by atoms with E-state index in [1.807, 2.05) is 85.1 Å². The Morgan fingerprint density at radius 1 is 0.872 bits per heavy atom. The first-order valence-electron chi connectivity index (χ1n) is 12.2. The number of carbonyl (C=O) groups is 2. The van der Waals surface area contributed by atoms with Crippen molar-refractivity contribution in [3.8, 4) is 11.3 Å². The van der Waals surface area contributed by atoms with Crippen molar-refractivity contribution in [1.82, 2.24) is 4.98 Å². The minimum atomic E-state index is -0.563. The van der Waals surface area contributed by atoms with E-state index >= 15 is 0 Å². The van der Waals surface area contributed by atoms with Crippen LogP contribution in [-0.2, 0) is 4.79 Å². The van der Waals surface area contributed by atoms with E-state index in [9.17, 15) is 14.0 Å². The van der Waals surface area contributed by atoms with Crippen molar-refractivity contribution in [3.05, 3.63) is 131 Å². The highest BCUT2D eigenvalue weighted by atomic mass is 32.2. The Kier molecular flexibility index (Phi) is 8.15. The lowest BCUT2D eigenvalue weighted by Gasteiger charge is -2.17. The minimum absolute atomic E-state index is 0.187. The Bertz CT molecular complexity index is 1600. The quantitative estimate of drug-likeness (QED) is 0.191. The average molecular weight is 554 g/mol. The molecule has 0 aliphatic rings. The highest BCUT2D eigenvalue weighted by Crippen LogP contribution is 2.38. The third kappa shape index (κ3) is 6.60. The van der Waals surface area contributed by atoms with Crippen LogP contribution in [0, 0.1) is 12.7 Å². The molecule has 2 amide bonds. The van der Waals surface area contributed by atoms with Gasteiger partial charge in [-0.15, -0.1) is 23.1 Å². The summed E-state index contributed by atoms with van der Waals surface area (Å²) in [5, 5.41) is 7.62. The smallest absolute Gasteiger partial charge is 0.255 e. The van der Waals surface area contributed by atoms with Crippen molar-refractivity contribution in [2.24, 2.45) is 0 Å². The molecule has 0 spiro atoms. The van der Waals surface area contributed by atoms with E-state index in [1.165, 1.54) is 35.2 Å². The van der Waals surface area contributed by atoms with Gasteiger partial charge in [0.2, 0.25) is 5.91 Å². The average Bonchev–Trinajstić information content (AvgIpc) is 3.41. The van der Waals surface area contributed by atoms with Gasteiger partial charge in [-0.3, -0.25) is 9.59 Å². The van der Waals surface area contributed by atoms with Crippen LogP contribution in [0.5, 0.6) is 0 Å². The maximum absolute atomic E-state index is 13.5. The summed E-state index contributed by atoms with van der Waals surface area (Å²) in [4.78, 5) is 31.7. The molecule has 4 aromatic carbocycles. The Morgan fingerprint density at radius 3 is 2.38 bits per heavy atom. The van der Waals surface area contributed by atoms with Gasteiger partial charge in [0.15, 0.2) is 5.13 Å². The number of hydrogen-bond acceptors (Lipinski definition) is 5. The number of carbonyl (C=O) groups excluding carboxylic acids is 2. The van der Waals surface area contributed by atoms with Gasteiger partial charge in [-0.05, 0) is 66.6 Å². The van der Waals surface area contributed by atoms with Crippen molar-refractivity contribution < 1.29 is 14.0 Å². The Balaban J connectivity index is 1.34. The number of aromatic nitrogens is 1. The predicted octanol–water partition coefficient (Wildman–Crippen LogP) is 7.98. The van der Waals surface area contributed by atoms with Gasteiger partial charge >= 0.3 is 0 Å². The SMILES string of the molecule is Cc1ccccc1C(=O)Nc1cccc(SC(C(=O)Nc2nc(-c3ccc(F)cc3)cs2)c2ccccc2)c1. The molecule has 1 atom stereocenters. The molecule has 1 aromatic heterocycles. The van der Waals surface area contributed by atoms with Gasteiger partial charge in [0.05, 0.1) is 5.69 Å². The predicted molar refractivity (Wildman–Crippen MR) is 157 cm³/mol. The van der Waals surface area contributed by atoms with E-state index in [0.717, 1.165) is 21.6 Å². The molecule has 0 fully saturated rings. The Labute approximate surface area is 234 Å². The zero-order valence-corrected chi connectivity index (χ0v) is 22.6. The minimum Gasteiger partial charge on any atom is -0.322 e. The summed E-state index contributed by atoms with van der Waals surface area (Å²) < 4.78 is 13.3. The highest BCUT2D eigenvalue weighted by molar-refractivity contribution is 8.00. The summed E-state index contributed by atoms with van der Waals surface area (Å²) in [5.74, 6) is -0.724. The van der Waals surface area contributed by atoms with E-state index in [0.29, 0.717) is 22.1 Å². The number of benzene rings is 4. The number of amides is 2. The molecule has 5 rings (SSSR count). The molecule has 1 unspecified atom stereocenters. The van der Waals surface area contributed by atoms with Crippen molar-refractivity contribution in [2.45, 2.75) is 17.1 Å². The third-order valence-electron chi connectivity index (χ3n) is 5.95. The van der Waals surface area contributed by atoms with Crippen LogP contribution in [0.4, 0.5) is 15.2 Å². The molecule has 2 N–H and O–H groups in total. The number of anilines is 2. The van der Waals surface area contributed by atoms with E-state index in [1.54, 1.807) is 18.2 Å². The van der Waals surface area contributed by atoms with Crippen LogP contribution in [0.1, 0.15) is 26.7 Å². The van der Waals surface area contributed by atoms with Crippen molar-refractivity contribution in [3.63, 3.8) is 0 Å². The molecule has 39 heavy (non-hydrogen) atoms. The summed E-state index contributed by atoms with van der Waals surface area (Å²) in [6.07, 6.45) is 0. The summed E-state index contributed by atoms with van der Waals surface area (Å²) >= 11 is 2.70. The fourth-order valence-electron chi connectivity index (χ4n) is 3.97. The molecule has 5 nitrogen and oxygen atoms in total. The van der Waals surface area contributed by atoms with Crippen molar-refractivity contribution in [2.75, 3.05) is 10.6 Å². The molecule has 0 saturated heterocycles. The summed E-state index contributed by atoms with van der Waals surface area (Å²) in [7, 11) is 0. The van der Waals surface area contributed by atoms with E-state index in [-0.39, 0.29) is 17.6 Å². The van der Waals surface area contributed by atoms with Crippen LogP contribution in [0.2, 0.25) is 0 Å². The lowest BCUT2D eigenvalue weighted by atomic mass is 10.1.